The minimum atomic E-state index is -4.39. The average molecular weight is 843 g/mol. The van der Waals surface area contributed by atoms with Crippen LogP contribution in [0.25, 0.3) is 0 Å². The SMILES string of the molecule is CCCCCCCCCCCCCCCC/C=C/OC[C@H](COP(=O)(O)OCC[N+](C)(C)C)OC(=O)CCC[C@H](O)[C@@H](O)/C=C/C=C/C=C\C=C\[C@@H](O)CCCCC. The third-order valence-electron chi connectivity index (χ3n) is 9.51. The Morgan fingerprint density at radius 1 is 0.655 bits per heavy atom. The van der Waals surface area contributed by atoms with Gasteiger partial charge in [0, 0.05) is 6.42 Å². The fourth-order valence-corrected chi connectivity index (χ4v) is 6.58. The van der Waals surface area contributed by atoms with Crippen LogP contribution in [0.15, 0.2) is 60.9 Å². The molecule has 12 heteroatoms. The fourth-order valence-electron chi connectivity index (χ4n) is 5.84. The van der Waals surface area contributed by atoms with Crippen molar-refractivity contribution in [3.8, 4) is 0 Å². The summed E-state index contributed by atoms with van der Waals surface area (Å²) in [6, 6.07) is 0. The van der Waals surface area contributed by atoms with Crippen molar-refractivity contribution in [3.63, 3.8) is 0 Å². The molecule has 0 rings (SSSR count). The highest BCUT2D eigenvalue weighted by Gasteiger charge is 2.26. The number of carbonyl (C=O) groups excluding carboxylic acids is 1. The van der Waals surface area contributed by atoms with Gasteiger partial charge in [-0.1, -0.05) is 165 Å². The summed E-state index contributed by atoms with van der Waals surface area (Å²) >= 11 is 0. The number of esters is 1. The van der Waals surface area contributed by atoms with E-state index in [0.717, 1.165) is 44.9 Å². The van der Waals surface area contributed by atoms with Crippen molar-refractivity contribution < 1.29 is 52.6 Å². The summed E-state index contributed by atoms with van der Waals surface area (Å²) in [6.45, 7) is 4.42. The molecule has 0 heterocycles. The van der Waals surface area contributed by atoms with Crippen LogP contribution in [0, 0.1) is 0 Å². The number of aliphatic hydroxyl groups excluding tert-OH is 3. The number of quaternary nitrogens is 1. The Balaban J connectivity index is 4.63. The van der Waals surface area contributed by atoms with E-state index in [1.807, 2.05) is 33.3 Å². The van der Waals surface area contributed by atoms with Crippen LogP contribution in [0.2, 0.25) is 0 Å². The second-order valence-corrected chi connectivity index (χ2v) is 17.8. The molecular weight excluding hydrogens is 757 g/mol. The van der Waals surface area contributed by atoms with E-state index in [1.165, 1.54) is 83.1 Å². The number of aliphatic hydroxyl groups is 3. The second-order valence-electron chi connectivity index (χ2n) is 16.4. The first-order chi connectivity index (χ1) is 27.8. The zero-order valence-corrected chi connectivity index (χ0v) is 38.0. The van der Waals surface area contributed by atoms with E-state index in [1.54, 1.807) is 42.7 Å². The summed E-state index contributed by atoms with van der Waals surface area (Å²) in [5, 5.41) is 30.6. The summed E-state index contributed by atoms with van der Waals surface area (Å²) in [7, 11) is 1.41. The van der Waals surface area contributed by atoms with Crippen molar-refractivity contribution in [2.75, 3.05) is 47.5 Å². The molecule has 0 fully saturated rings. The Morgan fingerprint density at radius 3 is 1.78 bits per heavy atom. The largest absolute Gasteiger partial charge is 0.498 e. The topological polar surface area (TPSA) is 152 Å². The summed E-state index contributed by atoms with van der Waals surface area (Å²) in [5.74, 6) is -0.586. The van der Waals surface area contributed by atoms with Gasteiger partial charge in [-0.15, -0.1) is 0 Å². The molecule has 58 heavy (non-hydrogen) atoms. The number of hydrogen-bond acceptors (Lipinski definition) is 9. The maximum absolute atomic E-state index is 12.7. The molecule has 0 saturated heterocycles. The van der Waals surface area contributed by atoms with E-state index in [0.29, 0.717) is 11.0 Å². The summed E-state index contributed by atoms with van der Waals surface area (Å²) in [4.78, 5) is 22.9. The zero-order valence-electron chi connectivity index (χ0n) is 37.1. The number of nitrogens with zero attached hydrogens (tertiary/aromatic N) is 1. The number of likely N-dealkylation sites (N-methyl/N-ethyl adjacent to an activating group) is 1. The molecular formula is C46H85NO10P+. The highest BCUT2D eigenvalue weighted by molar-refractivity contribution is 7.47. The van der Waals surface area contributed by atoms with Crippen molar-refractivity contribution >= 4 is 13.8 Å². The van der Waals surface area contributed by atoms with Crippen LogP contribution in [0.4, 0.5) is 0 Å². The third-order valence-corrected chi connectivity index (χ3v) is 10.5. The van der Waals surface area contributed by atoms with Gasteiger partial charge in [0.05, 0.1) is 52.3 Å². The van der Waals surface area contributed by atoms with Gasteiger partial charge >= 0.3 is 13.8 Å². The van der Waals surface area contributed by atoms with Gasteiger partial charge < -0.3 is 34.2 Å². The van der Waals surface area contributed by atoms with Gasteiger partial charge in [-0.2, -0.15) is 0 Å². The molecule has 0 aliphatic heterocycles. The van der Waals surface area contributed by atoms with Crippen molar-refractivity contribution in [2.24, 2.45) is 0 Å². The molecule has 0 spiro atoms. The highest BCUT2D eigenvalue weighted by atomic mass is 31.2. The Hall–Kier alpha value is -2.08. The monoisotopic (exact) mass is 843 g/mol. The Labute approximate surface area is 353 Å². The molecule has 5 atom stereocenters. The number of carbonyl (C=O) groups is 1. The van der Waals surface area contributed by atoms with Crippen LogP contribution in [0.1, 0.15) is 155 Å². The smallest absolute Gasteiger partial charge is 0.472 e. The molecule has 1 unspecified atom stereocenters. The van der Waals surface area contributed by atoms with Crippen molar-refractivity contribution in [3.05, 3.63) is 60.9 Å². The standard InChI is InChI=1S/C46H84NO10P/c1-6-8-10-11-12-13-14-15-16-17-18-19-20-23-26-30-38-54-40-43(41-56-58(52,53)55-39-37-47(3,4)5)57-46(51)36-31-35-45(50)44(49)34-29-25-22-21-24-28-33-42(48)32-27-9-7-2/h21-22,24-25,28-30,33-34,38,42-45,48-50H,6-20,23,26-27,31-32,35-37,39-41H2,1-5H3/p+1/b24-21-,25-22+,33-28+,34-29+,38-30+/t42-,43+,44-,45-/m0/s1. The molecule has 11 nitrogen and oxygen atoms in total. The lowest BCUT2D eigenvalue weighted by Gasteiger charge is -2.24. The van der Waals surface area contributed by atoms with Crippen LogP contribution >= 0.6 is 7.82 Å². The number of allylic oxidation sites excluding steroid dienone is 7. The number of rotatable bonds is 40. The summed E-state index contributed by atoms with van der Waals surface area (Å²) in [6.07, 6.45) is 37.1. The van der Waals surface area contributed by atoms with Crippen LogP contribution < -0.4 is 0 Å². The van der Waals surface area contributed by atoms with Crippen LogP contribution in [-0.2, 0) is 27.9 Å². The minimum absolute atomic E-state index is 0.0135. The van der Waals surface area contributed by atoms with E-state index in [9.17, 15) is 29.6 Å². The molecule has 0 aliphatic carbocycles. The maximum Gasteiger partial charge on any atom is 0.472 e. The van der Waals surface area contributed by atoms with Gasteiger partial charge in [-0.05, 0) is 38.2 Å². The van der Waals surface area contributed by atoms with Crippen molar-refractivity contribution in [1.82, 2.24) is 0 Å². The van der Waals surface area contributed by atoms with Crippen LogP contribution in [0.3, 0.4) is 0 Å². The first-order valence-electron chi connectivity index (χ1n) is 22.4. The molecule has 0 aliphatic rings. The number of ether oxygens (including phenoxy) is 2. The molecule has 338 valence electrons. The van der Waals surface area contributed by atoms with Crippen molar-refractivity contribution in [1.29, 1.82) is 0 Å². The normalized spacial score (nSPS) is 15.9. The van der Waals surface area contributed by atoms with Gasteiger partial charge in [0.1, 0.15) is 19.8 Å². The number of phosphoric ester groups is 1. The number of phosphoric acid groups is 1. The predicted molar refractivity (Wildman–Crippen MR) is 237 cm³/mol. The first kappa shape index (κ1) is 55.9. The molecule has 0 aromatic rings. The molecule has 0 radical (unpaired) electrons. The Kier molecular flexibility index (Phi) is 36.5. The summed E-state index contributed by atoms with van der Waals surface area (Å²) < 4.78 is 34.4. The number of unbranched alkanes of at least 4 members (excludes halogenated alkanes) is 16. The third kappa shape index (κ3) is 39.4. The summed E-state index contributed by atoms with van der Waals surface area (Å²) in [5.41, 5.74) is 0. The fraction of sp³-hybridized carbons (Fsp3) is 0.761. The lowest BCUT2D eigenvalue weighted by molar-refractivity contribution is -0.870. The van der Waals surface area contributed by atoms with E-state index in [4.69, 9.17) is 18.5 Å². The second kappa shape index (κ2) is 37.9. The number of hydrogen-bond donors (Lipinski definition) is 4. The van der Waals surface area contributed by atoms with Gasteiger partial charge in [0.15, 0.2) is 6.10 Å². The van der Waals surface area contributed by atoms with E-state index in [2.05, 4.69) is 13.8 Å². The molecule has 0 aromatic heterocycles. The lowest BCUT2D eigenvalue weighted by atomic mass is 10.0. The van der Waals surface area contributed by atoms with Crippen molar-refractivity contribution in [2.45, 2.75) is 180 Å². The highest BCUT2D eigenvalue weighted by Crippen LogP contribution is 2.43. The molecule has 0 bridgehead atoms. The minimum Gasteiger partial charge on any atom is -0.498 e. The van der Waals surface area contributed by atoms with Crippen LogP contribution in [-0.4, -0.2) is 103 Å². The zero-order chi connectivity index (χ0) is 43.2. The Morgan fingerprint density at radius 2 is 1.19 bits per heavy atom. The molecule has 0 aromatic carbocycles. The lowest BCUT2D eigenvalue weighted by Crippen LogP contribution is -2.37. The van der Waals surface area contributed by atoms with Gasteiger partial charge in [0.2, 0.25) is 0 Å². The Bertz CT molecular complexity index is 1170. The van der Waals surface area contributed by atoms with Gasteiger partial charge in [0.25, 0.3) is 0 Å². The molecule has 4 N–H and O–H groups in total. The molecule has 0 amide bonds. The van der Waals surface area contributed by atoms with E-state index >= 15 is 0 Å². The van der Waals surface area contributed by atoms with E-state index in [-0.39, 0.29) is 32.5 Å². The maximum atomic E-state index is 12.7. The van der Waals surface area contributed by atoms with Crippen LogP contribution in [0.5, 0.6) is 0 Å². The quantitative estimate of drug-likeness (QED) is 0.0117. The van der Waals surface area contributed by atoms with E-state index < -0.39 is 44.8 Å². The average Bonchev–Trinajstić information content (AvgIpc) is 3.16. The molecule has 0 saturated carbocycles. The predicted octanol–water partition coefficient (Wildman–Crippen LogP) is 10.2. The van der Waals surface area contributed by atoms with Gasteiger partial charge in [-0.3, -0.25) is 13.8 Å². The first-order valence-corrected chi connectivity index (χ1v) is 23.9. The van der Waals surface area contributed by atoms with Gasteiger partial charge in [-0.25, -0.2) is 4.57 Å².